The number of nitrogens with zero attached hydrogens (tertiary/aromatic N) is 3. The molecule has 1 aromatic carbocycles. The van der Waals surface area contributed by atoms with Gasteiger partial charge in [-0.05, 0) is 43.4 Å². The first-order chi connectivity index (χ1) is 13.0. The molecule has 5 rings (SSSR count). The summed E-state index contributed by atoms with van der Waals surface area (Å²) in [6.07, 6.45) is 7.55. The Labute approximate surface area is 158 Å². The zero-order valence-corrected chi connectivity index (χ0v) is 15.6. The van der Waals surface area contributed by atoms with Crippen molar-refractivity contribution in [2.24, 2.45) is 7.05 Å². The molecule has 3 aliphatic rings. The number of rotatable bonds is 3. The molecule has 3 heterocycles. The monoisotopic (exact) mass is 367 g/mol. The number of amides is 1. The molecule has 1 aromatic heterocycles. The van der Waals surface area contributed by atoms with Crippen molar-refractivity contribution in [3.8, 4) is 16.9 Å². The Hall–Kier alpha value is -2.34. The van der Waals surface area contributed by atoms with E-state index in [1.807, 2.05) is 30.4 Å². The van der Waals surface area contributed by atoms with Crippen LogP contribution in [0.15, 0.2) is 30.6 Å². The van der Waals surface area contributed by atoms with Gasteiger partial charge in [0.15, 0.2) is 0 Å². The lowest BCUT2D eigenvalue weighted by Crippen LogP contribution is -2.44. The van der Waals surface area contributed by atoms with Crippen molar-refractivity contribution in [1.82, 2.24) is 14.7 Å². The Bertz CT molecular complexity index is 902. The Morgan fingerprint density at radius 3 is 2.85 bits per heavy atom. The summed E-state index contributed by atoms with van der Waals surface area (Å²) in [7, 11) is 1.91. The van der Waals surface area contributed by atoms with E-state index in [0.29, 0.717) is 13.2 Å². The van der Waals surface area contributed by atoms with E-state index in [1.165, 1.54) is 5.56 Å². The first-order valence-corrected chi connectivity index (χ1v) is 9.73. The fourth-order valence-corrected chi connectivity index (χ4v) is 4.69. The van der Waals surface area contributed by atoms with Gasteiger partial charge in [-0.15, -0.1) is 0 Å². The minimum atomic E-state index is -0.760. The van der Waals surface area contributed by atoms with E-state index in [4.69, 9.17) is 4.74 Å². The van der Waals surface area contributed by atoms with Crippen molar-refractivity contribution in [2.45, 2.75) is 43.1 Å². The number of ether oxygens (including phenoxy) is 1. The summed E-state index contributed by atoms with van der Waals surface area (Å²) >= 11 is 0. The fourth-order valence-electron chi connectivity index (χ4n) is 4.69. The average Bonchev–Trinajstić information content (AvgIpc) is 3.34. The molecule has 1 N–H and O–H groups in total. The molecule has 1 amide bonds. The molecule has 1 unspecified atom stereocenters. The van der Waals surface area contributed by atoms with Crippen LogP contribution >= 0.6 is 0 Å². The van der Waals surface area contributed by atoms with Gasteiger partial charge in [0.05, 0.1) is 30.2 Å². The summed E-state index contributed by atoms with van der Waals surface area (Å²) in [5, 5.41) is 14.6. The van der Waals surface area contributed by atoms with E-state index in [2.05, 4.69) is 17.2 Å². The number of carbonyl (C=O) groups is 1. The van der Waals surface area contributed by atoms with Crippen molar-refractivity contribution >= 4 is 5.91 Å². The third-order valence-electron chi connectivity index (χ3n) is 6.56. The minimum absolute atomic E-state index is 0.0749. The van der Waals surface area contributed by atoms with E-state index in [-0.39, 0.29) is 17.7 Å². The molecule has 6 nitrogen and oxygen atoms in total. The van der Waals surface area contributed by atoms with Gasteiger partial charge in [-0.1, -0.05) is 6.07 Å². The molecule has 1 saturated carbocycles. The van der Waals surface area contributed by atoms with Gasteiger partial charge < -0.3 is 14.7 Å². The quantitative estimate of drug-likeness (QED) is 0.904. The maximum absolute atomic E-state index is 12.7. The van der Waals surface area contributed by atoms with E-state index < -0.39 is 5.60 Å². The summed E-state index contributed by atoms with van der Waals surface area (Å²) in [5.41, 5.74) is 2.51. The number of aliphatic hydroxyl groups is 1. The van der Waals surface area contributed by atoms with Crippen LogP contribution < -0.4 is 4.74 Å². The largest absolute Gasteiger partial charge is 0.492 e. The summed E-state index contributed by atoms with van der Waals surface area (Å²) in [6.45, 7) is 2.02. The Morgan fingerprint density at radius 2 is 2.15 bits per heavy atom. The number of aromatic nitrogens is 2. The molecule has 2 aromatic rings. The predicted octanol–water partition coefficient (Wildman–Crippen LogP) is 2.25. The highest BCUT2D eigenvalue weighted by molar-refractivity contribution is 5.78. The van der Waals surface area contributed by atoms with Crippen molar-refractivity contribution in [1.29, 1.82) is 0 Å². The van der Waals surface area contributed by atoms with Crippen LogP contribution in [0, 0.1) is 0 Å². The lowest BCUT2D eigenvalue weighted by atomic mass is 9.77. The minimum Gasteiger partial charge on any atom is -0.492 e. The van der Waals surface area contributed by atoms with Gasteiger partial charge in [-0.3, -0.25) is 9.48 Å². The lowest BCUT2D eigenvalue weighted by molar-refractivity contribution is -0.139. The highest BCUT2D eigenvalue weighted by atomic mass is 16.5. The third-order valence-corrected chi connectivity index (χ3v) is 6.56. The zero-order valence-electron chi connectivity index (χ0n) is 15.6. The van der Waals surface area contributed by atoms with E-state index in [9.17, 15) is 9.90 Å². The summed E-state index contributed by atoms with van der Waals surface area (Å²) in [5.74, 6) is 1.00. The Morgan fingerprint density at radius 1 is 1.30 bits per heavy atom. The molecule has 27 heavy (non-hydrogen) atoms. The highest BCUT2D eigenvalue weighted by Crippen LogP contribution is 2.46. The highest BCUT2D eigenvalue weighted by Gasteiger charge is 2.48. The van der Waals surface area contributed by atoms with Crippen molar-refractivity contribution in [3.05, 3.63) is 36.2 Å². The average molecular weight is 367 g/mol. The number of hydrogen-bond donors (Lipinski definition) is 1. The molecule has 142 valence electrons. The fraction of sp³-hybridized carbons (Fsp3) is 0.524. The Balaban J connectivity index is 1.39. The second kappa shape index (κ2) is 5.83. The van der Waals surface area contributed by atoms with Gasteiger partial charge in [0.25, 0.3) is 0 Å². The summed E-state index contributed by atoms with van der Waals surface area (Å²) < 4.78 is 7.79. The molecule has 0 radical (unpaired) electrons. The van der Waals surface area contributed by atoms with E-state index in [0.717, 1.165) is 49.1 Å². The second-order valence-electron chi connectivity index (χ2n) is 8.50. The van der Waals surface area contributed by atoms with Crippen molar-refractivity contribution < 1.29 is 14.6 Å². The summed E-state index contributed by atoms with van der Waals surface area (Å²) in [4.78, 5) is 14.6. The Kier molecular flexibility index (Phi) is 3.63. The van der Waals surface area contributed by atoms with E-state index >= 15 is 0 Å². The maximum Gasteiger partial charge on any atom is 0.225 e. The SMILES string of the molecule is Cn1cc(-c2ccc3c(c2)C2(CCN(C(=O)CC4(O)CCC4)C2)CO3)cn1. The van der Waals surface area contributed by atoms with Crippen molar-refractivity contribution in [3.63, 3.8) is 0 Å². The third kappa shape index (κ3) is 2.74. The first kappa shape index (κ1) is 16.8. The van der Waals surface area contributed by atoms with Gasteiger partial charge >= 0.3 is 0 Å². The second-order valence-corrected chi connectivity index (χ2v) is 8.50. The number of carbonyl (C=O) groups excluding carboxylic acids is 1. The zero-order chi connectivity index (χ0) is 18.6. The molecule has 2 fully saturated rings. The molecule has 1 aliphatic carbocycles. The number of fused-ring (bicyclic) bond motifs is 2. The van der Waals surface area contributed by atoms with Crippen LogP contribution in [0.2, 0.25) is 0 Å². The number of aryl methyl sites for hydroxylation is 1. The number of likely N-dealkylation sites (tertiary alicyclic amines) is 1. The van der Waals surface area contributed by atoms with Crippen LogP contribution in [-0.4, -0.2) is 51.0 Å². The van der Waals surface area contributed by atoms with Crippen LogP contribution in [0.1, 0.15) is 37.7 Å². The van der Waals surface area contributed by atoms with Gasteiger partial charge in [0.1, 0.15) is 5.75 Å². The van der Waals surface area contributed by atoms with Crippen LogP contribution in [0.25, 0.3) is 11.1 Å². The smallest absolute Gasteiger partial charge is 0.225 e. The topological polar surface area (TPSA) is 67.6 Å². The molecular formula is C21H25N3O3. The van der Waals surface area contributed by atoms with Crippen LogP contribution in [-0.2, 0) is 17.3 Å². The molecule has 1 saturated heterocycles. The summed E-state index contributed by atoms with van der Waals surface area (Å²) in [6, 6.07) is 6.31. The van der Waals surface area contributed by atoms with Crippen LogP contribution in [0.3, 0.4) is 0 Å². The number of hydrogen-bond acceptors (Lipinski definition) is 4. The predicted molar refractivity (Wildman–Crippen MR) is 100 cm³/mol. The molecule has 6 heteroatoms. The van der Waals surface area contributed by atoms with Crippen LogP contribution in [0.4, 0.5) is 0 Å². The molecule has 2 aliphatic heterocycles. The van der Waals surface area contributed by atoms with E-state index in [1.54, 1.807) is 4.68 Å². The van der Waals surface area contributed by atoms with Crippen molar-refractivity contribution in [2.75, 3.05) is 19.7 Å². The standard InChI is InChI=1S/C21H25N3O3/c1-23-12-16(11-22-23)15-3-4-18-17(9-15)20(14-27-18)7-8-24(13-20)19(25)10-21(26)5-2-6-21/h3-4,9,11-12,26H,2,5-8,10,13-14H2,1H3. The van der Waals surface area contributed by atoms with Gasteiger partial charge in [0.2, 0.25) is 5.91 Å². The van der Waals surface area contributed by atoms with Gasteiger partial charge in [0, 0.05) is 37.5 Å². The first-order valence-electron chi connectivity index (χ1n) is 9.73. The normalized spacial score (nSPS) is 25.3. The molecular weight excluding hydrogens is 342 g/mol. The maximum atomic E-state index is 12.7. The molecule has 0 bridgehead atoms. The molecule has 1 spiro atoms. The molecule has 1 atom stereocenters. The van der Waals surface area contributed by atoms with Gasteiger partial charge in [-0.25, -0.2) is 0 Å². The lowest BCUT2D eigenvalue weighted by Gasteiger charge is -2.37. The number of benzene rings is 1. The van der Waals surface area contributed by atoms with Gasteiger partial charge in [-0.2, -0.15) is 5.10 Å². The van der Waals surface area contributed by atoms with Crippen LogP contribution in [0.5, 0.6) is 5.75 Å².